The zero-order valence-electron chi connectivity index (χ0n) is 17.3. The number of fused-ring (bicyclic) bond motifs is 1. The van der Waals surface area contributed by atoms with E-state index in [0.29, 0.717) is 56.9 Å². The lowest BCUT2D eigenvalue weighted by atomic mass is 10.1. The minimum absolute atomic E-state index is 0.0663. The molecule has 31 heavy (non-hydrogen) atoms. The molecule has 162 valence electrons. The van der Waals surface area contributed by atoms with E-state index in [1.54, 1.807) is 17.4 Å². The maximum Gasteiger partial charge on any atom is 0.263 e. The zero-order valence-corrected chi connectivity index (χ0v) is 18.1. The number of carbonyl (C=O) groups excluding carboxylic acids is 3. The van der Waals surface area contributed by atoms with Gasteiger partial charge in [-0.25, -0.2) is 0 Å². The molecule has 0 saturated carbocycles. The molecule has 2 fully saturated rings. The minimum Gasteiger partial charge on any atom is -0.376 e. The summed E-state index contributed by atoms with van der Waals surface area (Å²) in [5, 5.41) is 3.99. The molecule has 2 saturated heterocycles. The van der Waals surface area contributed by atoms with Crippen LogP contribution >= 0.6 is 11.3 Å². The van der Waals surface area contributed by atoms with E-state index >= 15 is 0 Å². The number of ether oxygens (including phenoxy) is 1. The molecule has 8 heteroatoms. The first-order valence-electron chi connectivity index (χ1n) is 10.8. The lowest BCUT2D eigenvalue weighted by Crippen LogP contribution is -2.49. The lowest BCUT2D eigenvalue weighted by molar-refractivity contribution is -0.130. The second-order valence-electron chi connectivity index (χ2n) is 8.23. The molecule has 0 aliphatic carbocycles. The van der Waals surface area contributed by atoms with Gasteiger partial charge >= 0.3 is 0 Å². The standard InChI is InChI=1S/C23H25N3O4S/c27-20(13-16-6-12-31-15-16)25-9-7-24(8-10-25)19-5-1-4-18-21(19)23(29)26(22(18)28)14-17-3-2-11-30-17/h1,4-6,12,15,17H,2-3,7-11,13-14H2/t17-/m0/s1. The Morgan fingerprint density at radius 3 is 2.65 bits per heavy atom. The van der Waals surface area contributed by atoms with Crippen LogP contribution in [-0.4, -0.2) is 73.0 Å². The molecule has 5 rings (SSSR count). The predicted octanol–water partition coefficient (Wildman–Crippen LogP) is 2.41. The van der Waals surface area contributed by atoms with Crippen molar-refractivity contribution in [2.24, 2.45) is 0 Å². The van der Waals surface area contributed by atoms with Gasteiger partial charge in [0.25, 0.3) is 11.8 Å². The van der Waals surface area contributed by atoms with E-state index in [-0.39, 0.29) is 23.8 Å². The Labute approximate surface area is 185 Å². The van der Waals surface area contributed by atoms with Crippen molar-refractivity contribution in [2.75, 3.05) is 44.2 Å². The van der Waals surface area contributed by atoms with E-state index in [0.717, 1.165) is 24.1 Å². The van der Waals surface area contributed by atoms with Gasteiger partial charge in [-0.3, -0.25) is 19.3 Å². The van der Waals surface area contributed by atoms with Crippen LogP contribution in [0.4, 0.5) is 5.69 Å². The minimum atomic E-state index is -0.234. The smallest absolute Gasteiger partial charge is 0.263 e. The number of thiophene rings is 1. The quantitative estimate of drug-likeness (QED) is 0.670. The van der Waals surface area contributed by atoms with Gasteiger partial charge in [0.15, 0.2) is 0 Å². The van der Waals surface area contributed by atoms with Crippen LogP contribution in [0.1, 0.15) is 39.1 Å². The summed E-state index contributed by atoms with van der Waals surface area (Å²) in [6, 6.07) is 7.46. The summed E-state index contributed by atoms with van der Waals surface area (Å²) in [6.07, 6.45) is 2.20. The molecule has 7 nitrogen and oxygen atoms in total. The predicted molar refractivity (Wildman–Crippen MR) is 118 cm³/mol. The maximum absolute atomic E-state index is 13.2. The van der Waals surface area contributed by atoms with Crippen molar-refractivity contribution in [2.45, 2.75) is 25.4 Å². The van der Waals surface area contributed by atoms with Crippen LogP contribution < -0.4 is 4.90 Å². The third-order valence-corrected chi connectivity index (χ3v) is 7.03. The molecular weight excluding hydrogens is 414 g/mol. The summed E-state index contributed by atoms with van der Waals surface area (Å²) >= 11 is 1.60. The summed E-state index contributed by atoms with van der Waals surface area (Å²) in [5.74, 6) is -0.339. The van der Waals surface area contributed by atoms with E-state index in [9.17, 15) is 14.4 Å². The fraction of sp³-hybridized carbons (Fsp3) is 0.435. The number of carbonyl (C=O) groups is 3. The Bertz CT molecular complexity index is 992. The maximum atomic E-state index is 13.2. The number of imide groups is 1. The summed E-state index contributed by atoms with van der Waals surface area (Å²) in [4.78, 5) is 44.0. The van der Waals surface area contributed by atoms with Crippen LogP contribution in [0.25, 0.3) is 0 Å². The highest BCUT2D eigenvalue weighted by atomic mass is 32.1. The van der Waals surface area contributed by atoms with E-state index in [1.807, 2.05) is 33.9 Å². The number of anilines is 1. The molecule has 2 aromatic rings. The van der Waals surface area contributed by atoms with Crippen molar-refractivity contribution in [3.63, 3.8) is 0 Å². The Morgan fingerprint density at radius 2 is 1.94 bits per heavy atom. The molecule has 4 heterocycles. The van der Waals surface area contributed by atoms with Gasteiger partial charge < -0.3 is 14.5 Å². The van der Waals surface area contributed by atoms with Crippen molar-refractivity contribution in [3.8, 4) is 0 Å². The van der Waals surface area contributed by atoms with E-state index in [4.69, 9.17) is 4.74 Å². The van der Waals surface area contributed by atoms with E-state index in [1.165, 1.54) is 4.90 Å². The summed E-state index contributed by atoms with van der Waals surface area (Å²) in [6.45, 7) is 3.49. The number of hydrogen-bond acceptors (Lipinski definition) is 6. The highest BCUT2D eigenvalue weighted by Gasteiger charge is 2.40. The van der Waals surface area contributed by atoms with Gasteiger partial charge in [-0.2, -0.15) is 11.3 Å². The summed E-state index contributed by atoms with van der Waals surface area (Å²) < 4.78 is 5.64. The molecule has 0 bridgehead atoms. The summed E-state index contributed by atoms with van der Waals surface area (Å²) in [5.41, 5.74) is 2.80. The van der Waals surface area contributed by atoms with Gasteiger partial charge in [-0.05, 0) is 47.4 Å². The topological polar surface area (TPSA) is 70.2 Å². The zero-order chi connectivity index (χ0) is 21.4. The highest BCUT2D eigenvalue weighted by Crippen LogP contribution is 2.33. The Morgan fingerprint density at radius 1 is 1.10 bits per heavy atom. The second-order valence-corrected chi connectivity index (χ2v) is 9.01. The number of piperazine rings is 1. The number of nitrogens with zero attached hydrogens (tertiary/aromatic N) is 3. The molecule has 0 spiro atoms. The monoisotopic (exact) mass is 439 g/mol. The molecular formula is C23H25N3O4S. The third kappa shape index (κ3) is 3.85. The molecule has 3 aliphatic heterocycles. The Balaban J connectivity index is 1.28. The van der Waals surface area contributed by atoms with E-state index in [2.05, 4.69) is 4.90 Å². The lowest BCUT2D eigenvalue weighted by Gasteiger charge is -2.36. The van der Waals surface area contributed by atoms with Gasteiger partial charge in [0.2, 0.25) is 5.91 Å². The third-order valence-electron chi connectivity index (χ3n) is 6.30. The van der Waals surface area contributed by atoms with Crippen LogP contribution in [0.15, 0.2) is 35.0 Å². The molecule has 3 aliphatic rings. The van der Waals surface area contributed by atoms with Crippen LogP contribution in [0.5, 0.6) is 0 Å². The van der Waals surface area contributed by atoms with Gasteiger partial charge in [-0.1, -0.05) is 6.07 Å². The molecule has 1 aromatic heterocycles. The Kier molecular flexibility index (Phi) is 5.50. The largest absolute Gasteiger partial charge is 0.376 e. The highest BCUT2D eigenvalue weighted by molar-refractivity contribution is 7.08. The molecule has 0 N–H and O–H groups in total. The van der Waals surface area contributed by atoms with Crippen molar-refractivity contribution >= 4 is 34.7 Å². The van der Waals surface area contributed by atoms with Crippen molar-refractivity contribution in [3.05, 3.63) is 51.7 Å². The number of hydrogen-bond donors (Lipinski definition) is 0. The number of benzene rings is 1. The summed E-state index contributed by atoms with van der Waals surface area (Å²) in [7, 11) is 0. The molecule has 3 amide bonds. The molecule has 1 aromatic carbocycles. The molecule has 0 radical (unpaired) electrons. The van der Waals surface area contributed by atoms with Crippen molar-refractivity contribution in [1.82, 2.24) is 9.80 Å². The van der Waals surface area contributed by atoms with Crippen LogP contribution in [0.2, 0.25) is 0 Å². The molecule has 0 unspecified atom stereocenters. The number of rotatable bonds is 5. The fourth-order valence-electron chi connectivity index (χ4n) is 4.61. The average Bonchev–Trinajstić information content (AvgIpc) is 3.54. The SMILES string of the molecule is O=C(Cc1ccsc1)N1CCN(c2cccc3c2C(=O)N(C[C@@H]2CCCO2)C3=O)CC1. The average molecular weight is 440 g/mol. The van der Waals surface area contributed by atoms with Gasteiger partial charge in [0.05, 0.1) is 35.9 Å². The van der Waals surface area contributed by atoms with Crippen LogP contribution in [0.3, 0.4) is 0 Å². The Hall–Kier alpha value is -2.71. The van der Waals surface area contributed by atoms with E-state index < -0.39 is 0 Å². The molecule has 1 atom stereocenters. The van der Waals surface area contributed by atoms with Gasteiger partial charge in [-0.15, -0.1) is 0 Å². The van der Waals surface area contributed by atoms with Gasteiger partial charge in [0.1, 0.15) is 0 Å². The normalized spacial score (nSPS) is 21.2. The van der Waals surface area contributed by atoms with Crippen LogP contribution in [0, 0.1) is 0 Å². The van der Waals surface area contributed by atoms with Gasteiger partial charge in [0, 0.05) is 32.8 Å². The van der Waals surface area contributed by atoms with Crippen LogP contribution in [-0.2, 0) is 16.0 Å². The first-order valence-corrected chi connectivity index (χ1v) is 11.7. The first-order chi connectivity index (χ1) is 15.1. The second kappa shape index (κ2) is 8.43. The first kappa shape index (κ1) is 20.2. The fourth-order valence-corrected chi connectivity index (χ4v) is 5.28. The van der Waals surface area contributed by atoms with Crippen molar-refractivity contribution in [1.29, 1.82) is 0 Å². The van der Waals surface area contributed by atoms with Crippen molar-refractivity contribution < 1.29 is 19.1 Å². The number of amides is 3.